The van der Waals surface area contributed by atoms with Crippen LogP contribution in [0, 0.1) is 5.92 Å². The summed E-state index contributed by atoms with van der Waals surface area (Å²) >= 11 is 1.58. The van der Waals surface area contributed by atoms with E-state index in [4.69, 9.17) is 10.9 Å². The van der Waals surface area contributed by atoms with Crippen molar-refractivity contribution in [2.24, 2.45) is 16.8 Å². The minimum Gasteiger partial charge on any atom is -0.409 e. The van der Waals surface area contributed by atoms with Crippen molar-refractivity contribution in [1.82, 2.24) is 10.3 Å². The van der Waals surface area contributed by atoms with Crippen LogP contribution >= 0.6 is 11.3 Å². The molecule has 0 aromatic carbocycles. The lowest BCUT2D eigenvalue weighted by molar-refractivity contribution is -0.123. The number of carbonyl (C=O) groups is 1. The van der Waals surface area contributed by atoms with E-state index in [9.17, 15) is 4.79 Å². The maximum Gasteiger partial charge on any atom is 0.231 e. The maximum atomic E-state index is 12.0. The van der Waals surface area contributed by atoms with Crippen molar-refractivity contribution in [2.75, 3.05) is 0 Å². The number of hydrogen-bond donors (Lipinski definition) is 3. The van der Waals surface area contributed by atoms with Crippen LogP contribution in [0.3, 0.4) is 0 Å². The highest BCUT2D eigenvalue weighted by Crippen LogP contribution is 2.20. The minimum absolute atomic E-state index is 0.0689. The number of nitrogens with two attached hydrogens (primary N) is 1. The molecule has 0 aliphatic heterocycles. The smallest absolute Gasteiger partial charge is 0.231 e. The summed E-state index contributed by atoms with van der Waals surface area (Å²) in [6, 6.07) is -0.182. The summed E-state index contributed by atoms with van der Waals surface area (Å²) in [7, 11) is 0. The number of aryl methyl sites for hydroxylation is 1. The molecule has 0 spiro atoms. The molecule has 1 aromatic heterocycles. The Labute approximate surface area is 116 Å². The van der Waals surface area contributed by atoms with Gasteiger partial charge in [-0.25, -0.2) is 4.98 Å². The van der Waals surface area contributed by atoms with Crippen LogP contribution in [0.1, 0.15) is 43.1 Å². The number of thiazole rings is 1. The lowest BCUT2D eigenvalue weighted by Gasteiger charge is -2.16. The Bertz CT molecular complexity index is 458. The molecule has 2 unspecified atom stereocenters. The molecule has 0 radical (unpaired) electrons. The molecule has 0 fully saturated rings. The summed E-state index contributed by atoms with van der Waals surface area (Å²) in [6.45, 7) is 5.74. The standard InChI is InChI=1S/C12H20N4O2S/c1-4-8-6-14-12(19-8)7(3)15-11(17)9(5-2)10(13)16-18/h6-7,9,18H,4-5H2,1-3H3,(H2,13,16)(H,15,17). The first-order chi connectivity index (χ1) is 9.03. The van der Waals surface area contributed by atoms with Gasteiger partial charge in [0.05, 0.1) is 12.0 Å². The second-order valence-electron chi connectivity index (χ2n) is 4.23. The molecule has 0 bridgehead atoms. The molecule has 4 N–H and O–H groups in total. The van der Waals surface area contributed by atoms with Gasteiger partial charge in [-0.3, -0.25) is 4.79 Å². The van der Waals surface area contributed by atoms with E-state index < -0.39 is 5.92 Å². The highest BCUT2D eigenvalue weighted by Gasteiger charge is 2.23. The molecule has 1 rings (SSSR count). The SMILES string of the molecule is CCc1cnc(C(C)NC(=O)C(CC)/C(N)=N/O)s1. The topological polar surface area (TPSA) is 101 Å². The molecule has 0 saturated carbocycles. The van der Waals surface area contributed by atoms with Gasteiger partial charge < -0.3 is 16.3 Å². The number of nitrogens with one attached hydrogen (secondary N) is 1. The zero-order valence-electron chi connectivity index (χ0n) is 11.4. The van der Waals surface area contributed by atoms with Crippen LogP contribution in [0.5, 0.6) is 0 Å². The molecule has 0 aliphatic rings. The fourth-order valence-corrected chi connectivity index (χ4v) is 2.52. The van der Waals surface area contributed by atoms with Crippen molar-refractivity contribution in [3.05, 3.63) is 16.1 Å². The van der Waals surface area contributed by atoms with Crippen molar-refractivity contribution in [3.8, 4) is 0 Å². The maximum absolute atomic E-state index is 12.0. The normalized spacial score (nSPS) is 15.0. The van der Waals surface area contributed by atoms with E-state index in [-0.39, 0.29) is 17.8 Å². The molecule has 2 atom stereocenters. The third-order valence-electron chi connectivity index (χ3n) is 2.85. The molecule has 1 aromatic rings. The first-order valence-electron chi connectivity index (χ1n) is 6.25. The van der Waals surface area contributed by atoms with Crippen LogP contribution in [0.25, 0.3) is 0 Å². The average molecular weight is 284 g/mol. The molecule has 1 heterocycles. The zero-order valence-corrected chi connectivity index (χ0v) is 12.2. The van der Waals surface area contributed by atoms with Crippen molar-refractivity contribution >= 4 is 23.1 Å². The number of amides is 1. The number of aromatic nitrogens is 1. The van der Waals surface area contributed by atoms with Crippen LogP contribution in [0.15, 0.2) is 11.4 Å². The minimum atomic E-state index is -0.613. The van der Waals surface area contributed by atoms with Gasteiger partial charge >= 0.3 is 0 Å². The van der Waals surface area contributed by atoms with Crippen LogP contribution < -0.4 is 11.1 Å². The fraction of sp³-hybridized carbons (Fsp3) is 0.583. The van der Waals surface area contributed by atoms with Crippen LogP contribution in [-0.2, 0) is 11.2 Å². The van der Waals surface area contributed by atoms with Crippen LogP contribution in [-0.4, -0.2) is 21.9 Å². The first kappa shape index (κ1) is 15.4. The number of oxime groups is 1. The monoisotopic (exact) mass is 284 g/mol. The van der Waals surface area contributed by atoms with E-state index in [0.29, 0.717) is 6.42 Å². The lowest BCUT2D eigenvalue weighted by Crippen LogP contribution is -2.39. The summed E-state index contributed by atoms with van der Waals surface area (Å²) in [5, 5.41) is 15.2. The van der Waals surface area contributed by atoms with Gasteiger partial charge in [0.25, 0.3) is 0 Å². The number of hydrogen-bond acceptors (Lipinski definition) is 5. The number of nitrogens with zero attached hydrogens (tertiary/aromatic N) is 2. The van der Waals surface area contributed by atoms with Crippen LogP contribution in [0.4, 0.5) is 0 Å². The molecule has 6 nitrogen and oxygen atoms in total. The van der Waals surface area contributed by atoms with Crippen LogP contribution in [0.2, 0.25) is 0 Å². The highest BCUT2D eigenvalue weighted by molar-refractivity contribution is 7.11. The quantitative estimate of drug-likeness (QED) is 0.320. The number of carbonyl (C=O) groups excluding carboxylic acids is 1. The summed E-state index contributed by atoms with van der Waals surface area (Å²) in [6.07, 6.45) is 3.23. The molecule has 19 heavy (non-hydrogen) atoms. The Balaban J connectivity index is 2.70. The van der Waals surface area contributed by atoms with Gasteiger partial charge in [-0.2, -0.15) is 0 Å². The summed E-state index contributed by atoms with van der Waals surface area (Å²) < 4.78 is 0. The predicted octanol–water partition coefficient (Wildman–Crippen LogP) is 1.66. The third-order valence-corrected chi connectivity index (χ3v) is 4.17. The summed E-state index contributed by atoms with van der Waals surface area (Å²) in [5.74, 6) is -0.933. The molecule has 1 amide bonds. The van der Waals surface area contributed by atoms with Gasteiger partial charge in [0, 0.05) is 11.1 Å². The van der Waals surface area contributed by atoms with E-state index in [1.165, 1.54) is 4.88 Å². The van der Waals surface area contributed by atoms with Gasteiger partial charge in [-0.15, -0.1) is 11.3 Å². The second kappa shape index (κ2) is 7.08. The lowest BCUT2D eigenvalue weighted by atomic mass is 10.0. The van der Waals surface area contributed by atoms with Crippen molar-refractivity contribution < 1.29 is 10.0 Å². The molecule has 0 aliphatic carbocycles. The van der Waals surface area contributed by atoms with Gasteiger partial charge in [0.1, 0.15) is 5.01 Å². The number of amidine groups is 1. The Morgan fingerprint density at radius 1 is 1.63 bits per heavy atom. The van der Waals surface area contributed by atoms with Gasteiger partial charge in [-0.05, 0) is 19.8 Å². The van der Waals surface area contributed by atoms with E-state index in [0.717, 1.165) is 11.4 Å². The third kappa shape index (κ3) is 3.92. The Kier molecular flexibility index (Phi) is 5.75. The molecule has 7 heteroatoms. The summed E-state index contributed by atoms with van der Waals surface area (Å²) in [4.78, 5) is 17.5. The fourth-order valence-electron chi connectivity index (χ4n) is 1.66. The molecule has 106 valence electrons. The highest BCUT2D eigenvalue weighted by atomic mass is 32.1. The second-order valence-corrected chi connectivity index (χ2v) is 5.38. The van der Waals surface area contributed by atoms with Gasteiger partial charge in [0.15, 0.2) is 5.84 Å². The van der Waals surface area contributed by atoms with Crippen molar-refractivity contribution in [2.45, 2.75) is 39.7 Å². The Morgan fingerprint density at radius 3 is 2.79 bits per heavy atom. The predicted molar refractivity (Wildman–Crippen MR) is 75.2 cm³/mol. The van der Waals surface area contributed by atoms with E-state index in [1.807, 2.05) is 20.0 Å². The summed E-state index contributed by atoms with van der Waals surface area (Å²) in [5.41, 5.74) is 5.49. The molecular formula is C12H20N4O2S. The van der Waals surface area contributed by atoms with E-state index >= 15 is 0 Å². The van der Waals surface area contributed by atoms with E-state index in [2.05, 4.69) is 22.4 Å². The Hall–Kier alpha value is -1.63. The molecular weight excluding hydrogens is 264 g/mol. The molecule has 0 saturated heterocycles. The van der Waals surface area contributed by atoms with Crippen molar-refractivity contribution in [3.63, 3.8) is 0 Å². The average Bonchev–Trinajstić information content (AvgIpc) is 2.88. The Morgan fingerprint density at radius 2 is 2.32 bits per heavy atom. The zero-order chi connectivity index (χ0) is 14.4. The number of rotatable bonds is 6. The van der Waals surface area contributed by atoms with Crippen molar-refractivity contribution in [1.29, 1.82) is 0 Å². The first-order valence-corrected chi connectivity index (χ1v) is 7.07. The van der Waals surface area contributed by atoms with Gasteiger partial charge in [0.2, 0.25) is 5.91 Å². The van der Waals surface area contributed by atoms with E-state index in [1.54, 1.807) is 11.3 Å². The largest absolute Gasteiger partial charge is 0.409 e. The van der Waals surface area contributed by atoms with Gasteiger partial charge in [-0.1, -0.05) is 19.0 Å².